The number of ether oxygens (including phenoxy) is 2. The SMILES string of the molecule is COCCN(C)CCCNC(=O)[C@H](Cc1cccc(OC)c1)n1nnnc1C. The summed E-state index contributed by atoms with van der Waals surface area (Å²) < 4.78 is 11.9. The number of likely N-dealkylation sites (N-methyl/N-ethyl adjacent to an activating group) is 1. The van der Waals surface area contributed by atoms with Gasteiger partial charge in [0.1, 0.15) is 17.6 Å². The molecule has 1 atom stereocenters. The molecule has 28 heavy (non-hydrogen) atoms. The lowest BCUT2D eigenvalue weighted by Gasteiger charge is -2.19. The molecule has 1 aromatic heterocycles. The molecule has 9 heteroatoms. The van der Waals surface area contributed by atoms with Gasteiger partial charge in [0.15, 0.2) is 0 Å². The first kappa shape index (κ1) is 21.8. The molecule has 154 valence electrons. The monoisotopic (exact) mass is 390 g/mol. The van der Waals surface area contributed by atoms with Crippen molar-refractivity contribution < 1.29 is 14.3 Å². The number of aryl methyl sites for hydroxylation is 1. The zero-order valence-corrected chi connectivity index (χ0v) is 17.1. The maximum atomic E-state index is 12.9. The van der Waals surface area contributed by atoms with Crippen molar-refractivity contribution in [2.24, 2.45) is 0 Å². The van der Waals surface area contributed by atoms with Gasteiger partial charge in [0.2, 0.25) is 5.91 Å². The summed E-state index contributed by atoms with van der Waals surface area (Å²) in [5.41, 5.74) is 0.980. The molecule has 1 aromatic carbocycles. The van der Waals surface area contributed by atoms with Crippen LogP contribution < -0.4 is 10.1 Å². The molecule has 0 fully saturated rings. The molecule has 1 N–H and O–H groups in total. The zero-order valence-electron chi connectivity index (χ0n) is 17.1. The quantitative estimate of drug-likeness (QED) is 0.537. The van der Waals surface area contributed by atoms with Crippen LogP contribution in [0.1, 0.15) is 23.9 Å². The number of tetrazole rings is 1. The van der Waals surface area contributed by atoms with Crippen LogP contribution in [0.15, 0.2) is 24.3 Å². The standard InChI is InChI=1S/C19H30N6O3/c1-15-21-22-23-25(15)18(14-16-7-5-8-17(13-16)28-4)19(26)20-9-6-10-24(2)11-12-27-3/h5,7-8,13,18H,6,9-12,14H2,1-4H3,(H,20,26)/t18-/m0/s1. The summed E-state index contributed by atoms with van der Waals surface area (Å²) >= 11 is 0. The number of nitrogens with one attached hydrogen (secondary N) is 1. The Labute approximate surface area is 166 Å². The highest BCUT2D eigenvalue weighted by Crippen LogP contribution is 2.19. The molecule has 1 amide bonds. The van der Waals surface area contributed by atoms with Gasteiger partial charge < -0.3 is 19.7 Å². The van der Waals surface area contributed by atoms with E-state index in [0.29, 0.717) is 25.4 Å². The Morgan fingerprint density at radius 1 is 1.32 bits per heavy atom. The van der Waals surface area contributed by atoms with E-state index in [1.54, 1.807) is 25.8 Å². The van der Waals surface area contributed by atoms with Crippen molar-refractivity contribution in [1.29, 1.82) is 0 Å². The van der Waals surface area contributed by atoms with Crippen LogP contribution in [0.25, 0.3) is 0 Å². The summed E-state index contributed by atoms with van der Waals surface area (Å²) in [6, 6.07) is 7.15. The van der Waals surface area contributed by atoms with Gasteiger partial charge in [0.05, 0.1) is 13.7 Å². The van der Waals surface area contributed by atoms with Crippen LogP contribution in [0.3, 0.4) is 0 Å². The molecular weight excluding hydrogens is 360 g/mol. The predicted octanol–water partition coefficient (Wildman–Crippen LogP) is 0.858. The van der Waals surface area contributed by atoms with E-state index in [9.17, 15) is 4.79 Å². The van der Waals surface area contributed by atoms with Gasteiger partial charge >= 0.3 is 0 Å². The van der Waals surface area contributed by atoms with Gasteiger partial charge in [-0.25, -0.2) is 4.68 Å². The first-order chi connectivity index (χ1) is 13.5. The summed E-state index contributed by atoms with van der Waals surface area (Å²) in [5.74, 6) is 1.25. The predicted molar refractivity (Wildman–Crippen MR) is 105 cm³/mol. The Morgan fingerprint density at radius 3 is 2.82 bits per heavy atom. The van der Waals surface area contributed by atoms with E-state index in [1.165, 1.54) is 0 Å². The van der Waals surface area contributed by atoms with E-state index in [-0.39, 0.29) is 5.91 Å². The van der Waals surface area contributed by atoms with Gasteiger partial charge in [0.25, 0.3) is 0 Å². The van der Waals surface area contributed by atoms with Crippen molar-refractivity contribution in [3.63, 3.8) is 0 Å². The fraction of sp³-hybridized carbons (Fsp3) is 0.579. The van der Waals surface area contributed by atoms with Gasteiger partial charge in [0, 0.05) is 26.6 Å². The molecule has 0 aliphatic heterocycles. The Hall–Kier alpha value is -2.52. The molecule has 2 aromatic rings. The van der Waals surface area contributed by atoms with Crippen molar-refractivity contribution in [2.75, 3.05) is 47.5 Å². The van der Waals surface area contributed by atoms with Crippen molar-refractivity contribution in [2.45, 2.75) is 25.8 Å². The Balaban J connectivity index is 1.97. The van der Waals surface area contributed by atoms with Gasteiger partial charge in [-0.3, -0.25) is 4.79 Å². The highest BCUT2D eigenvalue weighted by atomic mass is 16.5. The van der Waals surface area contributed by atoms with Crippen LogP contribution >= 0.6 is 0 Å². The third-order valence-corrected chi connectivity index (χ3v) is 4.51. The van der Waals surface area contributed by atoms with E-state index >= 15 is 0 Å². The van der Waals surface area contributed by atoms with Crippen LogP contribution in [-0.4, -0.2) is 78.5 Å². The lowest BCUT2D eigenvalue weighted by molar-refractivity contribution is -0.124. The zero-order chi connectivity index (χ0) is 20.4. The topological polar surface area (TPSA) is 94.4 Å². The first-order valence-corrected chi connectivity index (χ1v) is 9.37. The van der Waals surface area contributed by atoms with Crippen LogP contribution in [0, 0.1) is 6.92 Å². The Kier molecular flexibility index (Phi) is 8.83. The molecule has 0 unspecified atom stereocenters. The van der Waals surface area contributed by atoms with E-state index in [2.05, 4.69) is 25.7 Å². The molecular formula is C19H30N6O3. The third-order valence-electron chi connectivity index (χ3n) is 4.51. The minimum Gasteiger partial charge on any atom is -0.497 e. The Bertz CT molecular complexity index is 736. The van der Waals surface area contributed by atoms with E-state index in [0.717, 1.165) is 30.8 Å². The highest BCUT2D eigenvalue weighted by Gasteiger charge is 2.24. The largest absolute Gasteiger partial charge is 0.497 e. The molecule has 0 bridgehead atoms. The smallest absolute Gasteiger partial charge is 0.245 e. The lowest BCUT2D eigenvalue weighted by Crippen LogP contribution is -2.36. The summed E-state index contributed by atoms with van der Waals surface area (Å²) in [5, 5.41) is 14.6. The third kappa shape index (κ3) is 6.58. The van der Waals surface area contributed by atoms with Gasteiger partial charge in [-0.15, -0.1) is 5.10 Å². The van der Waals surface area contributed by atoms with E-state index in [4.69, 9.17) is 9.47 Å². The first-order valence-electron chi connectivity index (χ1n) is 9.37. The molecule has 0 aliphatic rings. The second-order valence-corrected chi connectivity index (χ2v) is 6.68. The summed E-state index contributed by atoms with van der Waals surface area (Å²) in [6.07, 6.45) is 1.33. The molecule has 1 heterocycles. The molecule has 0 saturated carbocycles. The van der Waals surface area contributed by atoms with Gasteiger partial charge in [-0.2, -0.15) is 0 Å². The van der Waals surface area contributed by atoms with E-state index in [1.807, 2.05) is 31.3 Å². The number of hydrogen-bond donors (Lipinski definition) is 1. The van der Waals surface area contributed by atoms with Gasteiger partial charge in [-0.1, -0.05) is 12.1 Å². The Morgan fingerprint density at radius 2 is 2.14 bits per heavy atom. The minimum atomic E-state index is -0.520. The van der Waals surface area contributed by atoms with E-state index < -0.39 is 6.04 Å². The second-order valence-electron chi connectivity index (χ2n) is 6.68. The summed E-state index contributed by atoms with van der Waals surface area (Å²) in [6.45, 7) is 4.83. The van der Waals surface area contributed by atoms with Crippen LogP contribution in [-0.2, 0) is 16.0 Å². The number of carbonyl (C=O) groups is 1. The number of amides is 1. The number of benzene rings is 1. The number of aromatic nitrogens is 4. The average molecular weight is 390 g/mol. The average Bonchev–Trinajstić information content (AvgIpc) is 3.13. The molecule has 0 aliphatic carbocycles. The number of methoxy groups -OCH3 is 2. The normalized spacial score (nSPS) is 12.2. The number of nitrogens with zero attached hydrogens (tertiary/aromatic N) is 5. The molecule has 0 saturated heterocycles. The molecule has 9 nitrogen and oxygen atoms in total. The highest BCUT2D eigenvalue weighted by molar-refractivity contribution is 5.80. The number of carbonyl (C=O) groups excluding carboxylic acids is 1. The molecule has 0 radical (unpaired) electrons. The van der Waals surface area contributed by atoms with Crippen LogP contribution in [0.4, 0.5) is 0 Å². The number of rotatable bonds is 12. The van der Waals surface area contributed by atoms with Gasteiger partial charge in [-0.05, 0) is 55.1 Å². The van der Waals surface area contributed by atoms with Crippen LogP contribution in [0.2, 0.25) is 0 Å². The molecule has 2 rings (SSSR count). The maximum absolute atomic E-state index is 12.9. The lowest BCUT2D eigenvalue weighted by atomic mass is 10.0. The number of hydrogen-bond acceptors (Lipinski definition) is 7. The minimum absolute atomic E-state index is 0.0993. The summed E-state index contributed by atoms with van der Waals surface area (Å²) in [7, 11) is 5.35. The van der Waals surface area contributed by atoms with Crippen molar-refractivity contribution in [3.05, 3.63) is 35.7 Å². The van der Waals surface area contributed by atoms with Crippen molar-refractivity contribution in [1.82, 2.24) is 30.4 Å². The molecule has 0 spiro atoms. The fourth-order valence-electron chi connectivity index (χ4n) is 2.88. The van der Waals surface area contributed by atoms with Crippen molar-refractivity contribution in [3.8, 4) is 5.75 Å². The fourth-order valence-corrected chi connectivity index (χ4v) is 2.88. The van der Waals surface area contributed by atoms with Crippen LogP contribution in [0.5, 0.6) is 5.75 Å². The second kappa shape index (κ2) is 11.4. The van der Waals surface area contributed by atoms with Crippen molar-refractivity contribution >= 4 is 5.91 Å². The maximum Gasteiger partial charge on any atom is 0.245 e. The summed E-state index contributed by atoms with van der Waals surface area (Å²) in [4.78, 5) is 15.1.